The molecule has 0 spiro atoms. The van der Waals surface area contributed by atoms with Crippen LogP contribution in [0.25, 0.3) is 0 Å². The van der Waals surface area contributed by atoms with E-state index in [1.807, 2.05) is 6.92 Å². The third-order valence-electron chi connectivity index (χ3n) is 2.99. The summed E-state index contributed by atoms with van der Waals surface area (Å²) in [6, 6.07) is 6.32. The molecule has 0 saturated carbocycles. The van der Waals surface area contributed by atoms with Gasteiger partial charge in [-0.1, -0.05) is 6.07 Å². The van der Waals surface area contributed by atoms with E-state index < -0.39 is 0 Å². The Balaban J connectivity index is 1.96. The lowest BCUT2D eigenvalue weighted by Gasteiger charge is -2.19. The Morgan fingerprint density at radius 1 is 1.59 bits per heavy atom. The van der Waals surface area contributed by atoms with Crippen LogP contribution in [-0.4, -0.2) is 29.8 Å². The topological polar surface area (TPSA) is 58.6 Å². The standard InChI is InChI=1S/C13H17NO3/c1-9(12-6-3-7-17-12)14-13(16)10-4-2-5-11(15)8-10/h2,4-5,8-9,12,15H,3,6-7H2,1H3,(H,14,16). The minimum absolute atomic E-state index is 0.00708. The van der Waals surface area contributed by atoms with E-state index in [2.05, 4.69) is 5.32 Å². The average Bonchev–Trinajstić information content (AvgIpc) is 2.82. The quantitative estimate of drug-likeness (QED) is 0.838. The number of nitrogens with one attached hydrogen (secondary N) is 1. The van der Waals surface area contributed by atoms with Crippen LogP contribution in [-0.2, 0) is 4.74 Å². The number of phenolic OH excluding ortho intramolecular Hbond substituents is 1. The Hall–Kier alpha value is -1.55. The molecular weight excluding hydrogens is 218 g/mol. The van der Waals surface area contributed by atoms with Gasteiger partial charge in [-0.3, -0.25) is 4.79 Å². The van der Waals surface area contributed by atoms with Gasteiger partial charge in [-0.05, 0) is 38.0 Å². The number of benzene rings is 1. The zero-order valence-electron chi connectivity index (χ0n) is 9.85. The van der Waals surface area contributed by atoms with Gasteiger partial charge in [0, 0.05) is 12.2 Å². The molecule has 17 heavy (non-hydrogen) atoms. The van der Waals surface area contributed by atoms with Crippen molar-refractivity contribution in [2.24, 2.45) is 0 Å². The molecule has 1 fully saturated rings. The summed E-state index contributed by atoms with van der Waals surface area (Å²) < 4.78 is 5.51. The van der Waals surface area contributed by atoms with Crippen LogP contribution in [0.5, 0.6) is 5.75 Å². The van der Waals surface area contributed by atoms with E-state index in [9.17, 15) is 9.90 Å². The molecule has 1 aliphatic rings. The molecule has 0 aromatic heterocycles. The third kappa shape index (κ3) is 2.97. The normalized spacial score (nSPS) is 21.1. The summed E-state index contributed by atoms with van der Waals surface area (Å²) in [5, 5.41) is 12.2. The van der Waals surface area contributed by atoms with Crippen molar-refractivity contribution in [1.29, 1.82) is 0 Å². The van der Waals surface area contributed by atoms with Crippen molar-refractivity contribution in [3.05, 3.63) is 29.8 Å². The maximum absolute atomic E-state index is 11.9. The second-order valence-corrected chi connectivity index (χ2v) is 4.36. The summed E-state index contributed by atoms with van der Waals surface area (Å²) in [5.41, 5.74) is 0.467. The van der Waals surface area contributed by atoms with Crippen molar-refractivity contribution in [2.45, 2.75) is 31.9 Å². The van der Waals surface area contributed by atoms with Crippen LogP contribution < -0.4 is 5.32 Å². The van der Waals surface area contributed by atoms with Crippen LogP contribution >= 0.6 is 0 Å². The van der Waals surface area contributed by atoms with Crippen molar-refractivity contribution < 1.29 is 14.6 Å². The van der Waals surface area contributed by atoms with Gasteiger partial charge in [-0.2, -0.15) is 0 Å². The Morgan fingerprint density at radius 3 is 3.06 bits per heavy atom. The fraction of sp³-hybridized carbons (Fsp3) is 0.462. The van der Waals surface area contributed by atoms with Gasteiger partial charge in [0.25, 0.3) is 5.91 Å². The van der Waals surface area contributed by atoms with E-state index in [4.69, 9.17) is 4.74 Å². The summed E-state index contributed by atoms with van der Waals surface area (Å²) in [4.78, 5) is 11.9. The highest BCUT2D eigenvalue weighted by Crippen LogP contribution is 2.16. The number of rotatable bonds is 3. The predicted molar refractivity (Wildman–Crippen MR) is 64.0 cm³/mol. The zero-order valence-corrected chi connectivity index (χ0v) is 9.85. The second-order valence-electron chi connectivity index (χ2n) is 4.36. The van der Waals surface area contributed by atoms with Crippen molar-refractivity contribution in [3.63, 3.8) is 0 Å². The molecule has 0 bridgehead atoms. The molecule has 1 heterocycles. The van der Waals surface area contributed by atoms with Gasteiger partial charge in [0.05, 0.1) is 12.1 Å². The smallest absolute Gasteiger partial charge is 0.251 e. The number of aromatic hydroxyl groups is 1. The lowest BCUT2D eigenvalue weighted by Crippen LogP contribution is -2.40. The van der Waals surface area contributed by atoms with Gasteiger partial charge in [-0.15, -0.1) is 0 Å². The number of phenols is 1. The van der Waals surface area contributed by atoms with E-state index >= 15 is 0 Å². The van der Waals surface area contributed by atoms with E-state index in [0.717, 1.165) is 19.4 Å². The third-order valence-corrected chi connectivity index (χ3v) is 2.99. The highest BCUT2D eigenvalue weighted by molar-refractivity contribution is 5.94. The van der Waals surface area contributed by atoms with Gasteiger partial charge in [0.2, 0.25) is 0 Å². The summed E-state index contributed by atoms with van der Waals surface area (Å²) in [6.45, 7) is 2.72. The molecule has 1 aromatic rings. The van der Waals surface area contributed by atoms with E-state index in [1.54, 1.807) is 18.2 Å². The number of carbonyl (C=O) groups is 1. The molecule has 92 valence electrons. The molecular formula is C13H17NO3. The zero-order chi connectivity index (χ0) is 12.3. The lowest BCUT2D eigenvalue weighted by atomic mass is 10.1. The molecule has 0 radical (unpaired) electrons. The Kier molecular flexibility index (Phi) is 3.64. The molecule has 1 amide bonds. The first-order chi connectivity index (χ1) is 8.16. The minimum Gasteiger partial charge on any atom is -0.508 e. The lowest BCUT2D eigenvalue weighted by molar-refractivity contribution is 0.0712. The molecule has 1 saturated heterocycles. The fourth-order valence-electron chi connectivity index (χ4n) is 2.03. The Morgan fingerprint density at radius 2 is 2.41 bits per heavy atom. The van der Waals surface area contributed by atoms with Gasteiger partial charge in [0.15, 0.2) is 0 Å². The average molecular weight is 235 g/mol. The predicted octanol–water partition coefficient (Wildman–Crippen LogP) is 1.69. The van der Waals surface area contributed by atoms with Crippen molar-refractivity contribution in [3.8, 4) is 5.75 Å². The summed E-state index contributed by atoms with van der Waals surface area (Å²) in [7, 11) is 0. The first-order valence-electron chi connectivity index (χ1n) is 5.88. The van der Waals surface area contributed by atoms with Gasteiger partial charge >= 0.3 is 0 Å². The SMILES string of the molecule is CC(NC(=O)c1cccc(O)c1)C1CCCO1. The number of hydrogen-bond acceptors (Lipinski definition) is 3. The second kappa shape index (κ2) is 5.19. The molecule has 2 rings (SSSR count). The molecule has 2 N–H and O–H groups in total. The molecule has 4 nitrogen and oxygen atoms in total. The van der Waals surface area contributed by atoms with Crippen LogP contribution in [0.3, 0.4) is 0 Å². The Bertz CT molecular complexity index is 399. The first-order valence-corrected chi connectivity index (χ1v) is 5.88. The molecule has 1 aromatic carbocycles. The maximum Gasteiger partial charge on any atom is 0.251 e. The molecule has 2 atom stereocenters. The summed E-state index contributed by atoms with van der Waals surface area (Å²) >= 11 is 0. The van der Waals surface area contributed by atoms with Gasteiger partial charge in [-0.25, -0.2) is 0 Å². The number of hydrogen-bond donors (Lipinski definition) is 2. The van der Waals surface area contributed by atoms with Crippen LogP contribution in [0.2, 0.25) is 0 Å². The molecule has 4 heteroatoms. The maximum atomic E-state index is 11.9. The largest absolute Gasteiger partial charge is 0.508 e. The van der Waals surface area contributed by atoms with E-state index in [0.29, 0.717) is 5.56 Å². The first kappa shape index (κ1) is 11.9. The highest BCUT2D eigenvalue weighted by atomic mass is 16.5. The van der Waals surface area contributed by atoms with Crippen molar-refractivity contribution in [1.82, 2.24) is 5.32 Å². The highest BCUT2D eigenvalue weighted by Gasteiger charge is 2.23. The number of amides is 1. The van der Waals surface area contributed by atoms with Crippen molar-refractivity contribution in [2.75, 3.05) is 6.61 Å². The van der Waals surface area contributed by atoms with Gasteiger partial charge < -0.3 is 15.2 Å². The van der Waals surface area contributed by atoms with Crippen LogP contribution in [0.4, 0.5) is 0 Å². The van der Waals surface area contributed by atoms with E-state index in [-0.39, 0.29) is 23.8 Å². The molecule has 2 unspecified atom stereocenters. The number of carbonyl (C=O) groups excluding carboxylic acids is 1. The summed E-state index contributed by atoms with van der Waals surface area (Å²) in [6.07, 6.45) is 2.15. The van der Waals surface area contributed by atoms with Crippen LogP contribution in [0.15, 0.2) is 24.3 Å². The van der Waals surface area contributed by atoms with Gasteiger partial charge in [0.1, 0.15) is 5.75 Å². The number of ether oxygens (including phenoxy) is 1. The van der Waals surface area contributed by atoms with Crippen molar-refractivity contribution >= 4 is 5.91 Å². The van der Waals surface area contributed by atoms with Crippen LogP contribution in [0.1, 0.15) is 30.1 Å². The fourth-order valence-corrected chi connectivity index (χ4v) is 2.03. The van der Waals surface area contributed by atoms with E-state index in [1.165, 1.54) is 6.07 Å². The monoisotopic (exact) mass is 235 g/mol. The molecule has 0 aliphatic carbocycles. The summed E-state index contributed by atoms with van der Waals surface area (Å²) in [5.74, 6) is -0.0775. The minimum atomic E-state index is -0.177. The molecule has 1 aliphatic heterocycles. The van der Waals surface area contributed by atoms with Crippen LogP contribution in [0, 0.1) is 0 Å². The Labute approximate surface area is 101 Å².